The molecule has 1 aliphatic heterocycles. The number of amides is 1. The van der Waals surface area contributed by atoms with Crippen LogP contribution in [0.25, 0.3) is 0 Å². The van der Waals surface area contributed by atoms with E-state index in [1.165, 1.54) is 12.1 Å². The van der Waals surface area contributed by atoms with Crippen LogP contribution in [0.1, 0.15) is 16.8 Å². The highest BCUT2D eigenvalue weighted by Gasteiger charge is 2.26. The lowest BCUT2D eigenvalue weighted by Gasteiger charge is -2.16. The molecule has 1 heterocycles. The molecule has 6 heteroatoms. The number of nitrogen functional groups attached to an aromatic ring is 1. The van der Waals surface area contributed by atoms with Gasteiger partial charge in [-0.15, -0.1) is 0 Å². The standard InChI is InChI=1S/C11H12Cl2N2O2/c12-8-3-6(4-9(13)10(8)14)11(17)15-2-1-7(16)5-15/h3-4,7,16H,1-2,5,14H2/t7-/m1/s1. The fraction of sp³-hybridized carbons (Fsp3) is 0.364. The van der Waals surface area contributed by atoms with Crippen molar-refractivity contribution in [3.8, 4) is 0 Å². The number of nitrogens with zero attached hydrogens (tertiary/aromatic N) is 1. The van der Waals surface area contributed by atoms with Gasteiger partial charge in [-0.3, -0.25) is 4.79 Å². The van der Waals surface area contributed by atoms with Crippen LogP contribution in [-0.2, 0) is 0 Å². The van der Waals surface area contributed by atoms with Crippen LogP contribution in [-0.4, -0.2) is 35.1 Å². The van der Waals surface area contributed by atoms with E-state index >= 15 is 0 Å². The number of benzene rings is 1. The first-order valence-corrected chi connectivity index (χ1v) is 5.96. The largest absolute Gasteiger partial charge is 0.396 e. The van der Waals surface area contributed by atoms with E-state index < -0.39 is 6.10 Å². The third-order valence-electron chi connectivity index (χ3n) is 2.78. The van der Waals surface area contributed by atoms with Gasteiger partial charge >= 0.3 is 0 Å². The van der Waals surface area contributed by atoms with Gasteiger partial charge in [-0.05, 0) is 18.6 Å². The summed E-state index contributed by atoms with van der Waals surface area (Å²) in [4.78, 5) is 13.6. The maximum atomic E-state index is 12.1. The summed E-state index contributed by atoms with van der Waals surface area (Å²) in [7, 11) is 0. The summed E-state index contributed by atoms with van der Waals surface area (Å²) in [6.45, 7) is 0.887. The number of nitrogens with two attached hydrogens (primary N) is 1. The van der Waals surface area contributed by atoms with Crippen LogP contribution >= 0.6 is 23.2 Å². The topological polar surface area (TPSA) is 66.6 Å². The quantitative estimate of drug-likeness (QED) is 0.768. The third-order valence-corrected chi connectivity index (χ3v) is 3.40. The van der Waals surface area contributed by atoms with Crippen molar-refractivity contribution in [1.29, 1.82) is 0 Å². The highest BCUT2D eigenvalue weighted by Crippen LogP contribution is 2.29. The molecule has 1 amide bonds. The van der Waals surface area contributed by atoms with E-state index in [2.05, 4.69) is 0 Å². The smallest absolute Gasteiger partial charge is 0.254 e. The first kappa shape index (κ1) is 12.5. The molecule has 2 rings (SSSR count). The Balaban J connectivity index is 2.25. The Morgan fingerprint density at radius 1 is 1.41 bits per heavy atom. The molecule has 1 aromatic rings. The van der Waals surface area contributed by atoms with Gasteiger partial charge in [-0.25, -0.2) is 0 Å². The molecule has 0 spiro atoms. The van der Waals surface area contributed by atoms with Gasteiger partial charge in [0.25, 0.3) is 5.91 Å². The maximum absolute atomic E-state index is 12.1. The Labute approximate surface area is 109 Å². The minimum Gasteiger partial charge on any atom is -0.396 e. The molecule has 1 aliphatic rings. The molecule has 0 saturated carbocycles. The molecule has 0 unspecified atom stereocenters. The average molecular weight is 275 g/mol. The normalized spacial score (nSPS) is 19.7. The summed E-state index contributed by atoms with van der Waals surface area (Å²) in [5.41, 5.74) is 6.26. The predicted octanol–water partition coefficient (Wildman–Crippen LogP) is 1.78. The van der Waals surface area contributed by atoms with Crippen LogP contribution in [0.5, 0.6) is 0 Å². The van der Waals surface area contributed by atoms with Gasteiger partial charge in [0.15, 0.2) is 0 Å². The monoisotopic (exact) mass is 274 g/mol. The summed E-state index contributed by atoms with van der Waals surface area (Å²) in [5.74, 6) is -0.189. The molecule has 1 aromatic carbocycles. The Hall–Kier alpha value is -0.970. The maximum Gasteiger partial charge on any atom is 0.254 e. The number of likely N-dealkylation sites (tertiary alicyclic amines) is 1. The van der Waals surface area contributed by atoms with Gasteiger partial charge < -0.3 is 15.7 Å². The molecule has 0 aromatic heterocycles. The summed E-state index contributed by atoms with van der Waals surface area (Å²) in [6, 6.07) is 2.99. The number of hydrogen-bond donors (Lipinski definition) is 2. The van der Waals surface area contributed by atoms with Crippen LogP contribution < -0.4 is 5.73 Å². The van der Waals surface area contributed by atoms with Crippen molar-refractivity contribution in [2.75, 3.05) is 18.8 Å². The van der Waals surface area contributed by atoms with Crippen molar-refractivity contribution in [3.63, 3.8) is 0 Å². The van der Waals surface area contributed by atoms with Gasteiger partial charge in [0.2, 0.25) is 0 Å². The van der Waals surface area contributed by atoms with Gasteiger partial charge in [0, 0.05) is 18.7 Å². The second-order valence-electron chi connectivity index (χ2n) is 4.05. The van der Waals surface area contributed by atoms with E-state index in [-0.39, 0.29) is 21.6 Å². The van der Waals surface area contributed by atoms with Crippen LogP contribution in [0.3, 0.4) is 0 Å². The molecule has 0 aliphatic carbocycles. The van der Waals surface area contributed by atoms with Crippen molar-refractivity contribution in [2.45, 2.75) is 12.5 Å². The van der Waals surface area contributed by atoms with E-state index in [1.807, 2.05) is 0 Å². The summed E-state index contributed by atoms with van der Waals surface area (Å²) in [5, 5.41) is 9.91. The van der Waals surface area contributed by atoms with E-state index in [0.717, 1.165) is 0 Å². The number of halogens is 2. The molecule has 1 fully saturated rings. The number of hydrogen-bond acceptors (Lipinski definition) is 3. The van der Waals surface area contributed by atoms with Crippen molar-refractivity contribution in [2.24, 2.45) is 0 Å². The van der Waals surface area contributed by atoms with Crippen molar-refractivity contribution < 1.29 is 9.90 Å². The molecule has 0 bridgehead atoms. The summed E-state index contributed by atoms with van der Waals surface area (Å²) in [6.07, 6.45) is 0.154. The number of carbonyl (C=O) groups excluding carboxylic acids is 1. The molecule has 1 atom stereocenters. The number of aliphatic hydroxyl groups excluding tert-OH is 1. The molecule has 0 radical (unpaired) electrons. The van der Waals surface area contributed by atoms with E-state index in [1.54, 1.807) is 4.90 Å². The third kappa shape index (κ3) is 2.49. The molecule has 17 heavy (non-hydrogen) atoms. The number of carbonyl (C=O) groups is 1. The summed E-state index contributed by atoms with van der Waals surface area (Å²) < 4.78 is 0. The number of anilines is 1. The molecule has 92 valence electrons. The lowest BCUT2D eigenvalue weighted by Crippen LogP contribution is -2.29. The fourth-order valence-corrected chi connectivity index (χ4v) is 2.30. The van der Waals surface area contributed by atoms with E-state index in [0.29, 0.717) is 25.1 Å². The zero-order valence-electron chi connectivity index (χ0n) is 8.99. The summed E-state index contributed by atoms with van der Waals surface area (Å²) >= 11 is 11.7. The highest BCUT2D eigenvalue weighted by atomic mass is 35.5. The molecular weight excluding hydrogens is 263 g/mol. The first-order chi connectivity index (χ1) is 7.99. The number of aliphatic hydroxyl groups is 1. The minimum absolute atomic E-state index is 0.189. The Bertz CT molecular complexity index is 442. The predicted molar refractivity (Wildman–Crippen MR) is 67.4 cm³/mol. The Morgan fingerprint density at radius 3 is 2.47 bits per heavy atom. The minimum atomic E-state index is -0.446. The lowest BCUT2D eigenvalue weighted by molar-refractivity contribution is 0.0765. The van der Waals surface area contributed by atoms with E-state index in [9.17, 15) is 9.90 Å². The molecule has 3 N–H and O–H groups in total. The van der Waals surface area contributed by atoms with Gasteiger partial charge in [0.05, 0.1) is 21.8 Å². The van der Waals surface area contributed by atoms with Crippen molar-refractivity contribution >= 4 is 34.8 Å². The zero-order chi connectivity index (χ0) is 12.6. The van der Waals surface area contributed by atoms with E-state index in [4.69, 9.17) is 28.9 Å². The molecule has 4 nitrogen and oxygen atoms in total. The highest BCUT2D eigenvalue weighted by molar-refractivity contribution is 6.39. The lowest BCUT2D eigenvalue weighted by atomic mass is 10.2. The van der Waals surface area contributed by atoms with Crippen molar-refractivity contribution in [1.82, 2.24) is 4.90 Å². The Kier molecular flexibility index (Phi) is 3.47. The van der Waals surface area contributed by atoms with Gasteiger partial charge in [-0.1, -0.05) is 23.2 Å². The van der Waals surface area contributed by atoms with Crippen LogP contribution in [0.2, 0.25) is 10.0 Å². The second-order valence-corrected chi connectivity index (χ2v) is 4.86. The number of β-amino-alcohol motifs (C(OH)–C–C–N with tert-alkyl or cyclic N) is 1. The van der Waals surface area contributed by atoms with Crippen LogP contribution in [0.15, 0.2) is 12.1 Å². The zero-order valence-corrected chi connectivity index (χ0v) is 10.5. The molecular formula is C11H12Cl2N2O2. The average Bonchev–Trinajstić information content (AvgIpc) is 2.71. The van der Waals surface area contributed by atoms with Gasteiger partial charge in [-0.2, -0.15) is 0 Å². The van der Waals surface area contributed by atoms with Gasteiger partial charge in [0.1, 0.15) is 0 Å². The van der Waals surface area contributed by atoms with Crippen LogP contribution in [0.4, 0.5) is 5.69 Å². The van der Waals surface area contributed by atoms with Crippen LogP contribution in [0, 0.1) is 0 Å². The Morgan fingerprint density at radius 2 is 2.00 bits per heavy atom. The molecule has 1 saturated heterocycles. The van der Waals surface area contributed by atoms with Crippen molar-refractivity contribution in [3.05, 3.63) is 27.7 Å². The second kappa shape index (κ2) is 4.72. The first-order valence-electron chi connectivity index (χ1n) is 5.21. The fourth-order valence-electron chi connectivity index (χ4n) is 1.82. The number of rotatable bonds is 1. The SMILES string of the molecule is Nc1c(Cl)cc(C(=O)N2CC[C@@H](O)C2)cc1Cl.